The molecule has 34 heavy (non-hydrogen) atoms. The molecular formula is C27H28N4O3. The van der Waals surface area contributed by atoms with Gasteiger partial charge in [0.15, 0.2) is 0 Å². The first-order chi connectivity index (χ1) is 16.5. The predicted molar refractivity (Wildman–Crippen MR) is 134 cm³/mol. The number of fused-ring (bicyclic) bond motifs is 1. The van der Waals surface area contributed by atoms with Crippen LogP contribution in [0.4, 0.5) is 11.4 Å². The molecule has 7 nitrogen and oxygen atoms in total. The van der Waals surface area contributed by atoms with E-state index >= 15 is 0 Å². The summed E-state index contributed by atoms with van der Waals surface area (Å²) in [4.78, 5) is 27.5. The van der Waals surface area contributed by atoms with E-state index in [-0.39, 0.29) is 11.8 Å². The third kappa shape index (κ3) is 4.61. The summed E-state index contributed by atoms with van der Waals surface area (Å²) >= 11 is 0. The summed E-state index contributed by atoms with van der Waals surface area (Å²) in [5.74, 6) is 1.43. The number of furan rings is 1. The van der Waals surface area contributed by atoms with Crippen LogP contribution < -0.4 is 16.4 Å². The zero-order valence-corrected chi connectivity index (χ0v) is 19.1. The molecule has 3 aromatic rings. The van der Waals surface area contributed by atoms with E-state index in [0.29, 0.717) is 40.8 Å². The highest BCUT2D eigenvalue weighted by molar-refractivity contribution is 6.35. The zero-order valence-electron chi connectivity index (χ0n) is 19.1. The van der Waals surface area contributed by atoms with Gasteiger partial charge in [-0.2, -0.15) is 0 Å². The minimum Gasteiger partial charge on any atom is -0.457 e. The normalized spacial score (nSPS) is 17.6. The number of likely N-dealkylation sites (tertiary alicyclic amines) is 1. The summed E-state index contributed by atoms with van der Waals surface area (Å²) in [5.41, 5.74) is 9.88. The van der Waals surface area contributed by atoms with Crippen LogP contribution in [0.15, 0.2) is 59.0 Å². The van der Waals surface area contributed by atoms with E-state index in [1.807, 2.05) is 36.4 Å². The standard InChI is InChI=1S/C27H28N4O3/c1-31-11-9-17(10-12-31)16-29-26(32)19-4-2-3-18(13-19)25-8-6-21(34-25)15-23-22-14-20(28)5-7-24(22)30-27(23)33/h2-8,13-15,17H,9-12,16,28H2,1H3,(H,29,32)(H,30,33). The Bertz CT molecular complexity index is 1270. The minimum absolute atomic E-state index is 0.0773. The second-order valence-electron chi connectivity index (χ2n) is 9.06. The maximum Gasteiger partial charge on any atom is 0.256 e. The molecule has 1 saturated heterocycles. The summed E-state index contributed by atoms with van der Waals surface area (Å²) in [7, 11) is 2.13. The van der Waals surface area contributed by atoms with Crippen molar-refractivity contribution in [1.29, 1.82) is 0 Å². The molecular weight excluding hydrogens is 428 g/mol. The van der Waals surface area contributed by atoms with Gasteiger partial charge in [0.25, 0.3) is 11.8 Å². The van der Waals surface area contributed by atoms with Crippen molar-refractivity contribution in [3.8, 4) is 11.3 Å². The van der Waals surface area contributed by atoms with Crippen molar-refractivity contribution >= 4 is 34.8 Å². The molecule has 0 saturated carbocycles. The second-order valence-corrected chi connectivity index (χ2v) is 9.06. The maximum atomic E-state index is 12.7. The van der Waals surface area contributed by atoms with Crippen molar-refractivity contribution in [2.24, 2.45) is 5.92 Å². The number of anilines is 2. The number of rotatable bonds is 5. The molecule has 174 valence electrons. The molecule has 0 radical (unpaired) electrons. The Kier molecular flexibility index (Phi) is 5.94. The number of nitrogen functional groups attached to an aromatic ring is 1. The minimum atomic E-state index is -0.193. The van der Waals surface area contributed by atoms with Gasteiger partial charge in [-0.25, -0.2) is 0 Å². The van der Waals surface area contributed by atoms with Crippen LogP contribution in [0.25, 0.3) is 23.0 Å². The number of nitrogens with two attached hydrogens (primary N) is 1. The number of carbonyl (C=O) groups is 2. The van der Waals surface area contributed by atoms with Crippen LogP contribution in [0.3, 0.4) is 0 Å². The molecule has 5 rings (SSSR count). The number of hydrogen-bond acceptors (Lipinski definition) is 5. The zero-order chi connectivity index (χ0) is 23.7. The fraction of sp³-hybridized carbons (Fsp3) is 0.259. The quantitative estimate of drug-likeness (QED) is 0.397. The molecule has 0 atom stereocenters. The van der Waals surface area contributed by atoms with Crippen LogP contribution in [-0.2, 0) is 4.79 Å². The fourth-order valence-corrected chi connectivity index (χ4v) is 4.50. The van der Waals surface area contributed by atoms with Crippen LogP contribution in [-0.4, -0.2) is 43.4 Å². The number of piperidine rings is 1. The van der Waals surface area contributed by atoms with Crippen molar-refractivity contribution in [3.05, 3.63) is 71.5 Å². The van der Waals surface area contributed by atoms with Gasteiger partial charge in [-0.3, -0.25) is 9.59 Å². The molecule has 7 heteroatoms. The first-order valence-electron chi connectivity index (χ1n) is 11.6. The van der Waals surface area contributed by atoms with Crippen molar-refractivity contribution in [2.75, 3.05) is 37.7 Å². The monoisotopic (exact) mass is 456 g/mol. The lowest BCUT2D eigenvalue weighted by Gasteiger charge is -2.28. The fourth-order valence-electron chi connectivity index (χ4n) is 4.50. The molecule has 2 aliphatic rings. The predicted octanol–water partition coefficient (Wildman–Crippen LogP) is 4.09. The number of benzene rings is 2. The highest BCUT2D eigenvalue weighted by atomic mass is 16.3. The Morgan fingerprint density at radius 3 is 2.82 bits per heavy atom. The van der Waals surface area contributed by atoms with Crippen LogP contribution in [0.1, 0.15) is 34.5 Å². The van der Waals surface area contributed by atoms with Crippen molar-refractivity contribution in [2.45, 2.75) is 12.8 Å². The van der Waals surface area contributed by atoms with Gasteiger partial charge in [0.05, 0.1) is 5.57 Å². The average Bonchev–Trinajstić information content (AvgIpc) is 3.43. The van der Waals surface area contributed by atoms with Gasteiger partial charge in [-0.15, -0.1) is 0 Å². The lowest BCUT2D eigenvalue weighted by Crippen LogP contribution is -2.36. The molecule has 0 spiro atoms. The highest BCUT2D eigenvalue weighted by Gasteiger charge is 2.24. The molecule has 3 heterocycles. The molecule has 1 aromatic heterocycles. The van der Waals surface area contributed by atoms with Crippen LogP contribution in [0.2, 0.25) is 0 Å². The van der Waals surface area contributed by atoms with Gasteiger partial charge >= 0.3 is 0 Å². The number of amides is 2. The summed E-state index contributed by atoms with van der Waals surface area (Å²) in [6.45, 7) is 2.85. The smallest absolute Gasteiger partial charge is 0.256 e. The summed E-state index contributed by atoms with van der Waals surface area (Å²) in [5, 5.41) is 5.92. The third-order valence-electron chi connectivity index (χ3n) is 6.54. The van der Waals surface area contributed by atoms with E-state index < -0.39 is 0 Å². The first-order valence-corrected chi connectivity index (χ1v) is 11.6. The Balaban J connectivity index is 1.30. The lowest BCUT2D eigenvalue weighted by atomic mass is 9.97. The summed E-state index contributed by atoms with van der Waals surface area (Å²) in [6.07, 6.45) is 3.93. The highest BCUT2D eigenvalue weighted by Crippen LogP contribution is 2.35. The van der Waals surface area contributed by atoms with Gasteiger partial charge in [0.2, 0.25) is 0 Å². The molecule has 0 bridgehead atoms. The second kappa shape index (κ2) is 9.19. The average molecular weight is 457 g/mol. The maximum absolute atomic E-state index is 12.7. The molecule has 2 aromatic carbocycles. The van der Waals surface area contributed by atoms with Crippen molar-refractivity contribution in [3.63, 3.8) is 0 Å². The Hall–Kier alpha value is -3.84. The molecule has 0 unspecified atom stereocenters. The lowest BCUT2D eigenvalue weighted by molar-refractivity contribution is -0.110. The number of hydrogen-bond donors (Lipinski definition) is 3. The van der Waals surface area contributed by atoms with Gasteiger partial charge in [-0.1, -0.05) is 12.1 Å². The number of nitrogens with zero attached hydrogens (tertiary/aromatic N) is 1. The van der Waals surface area contributed by atoms with E-state index in [9.17, 15) is 9.59 Å². The van der Waals surface area contributed by atoms with Crippen molar-refractivity contribution in [1.82, 2.24) is 10.2 Å². The Morgan fingerprint density at radius 2 is 2.00 bits per heavy atom. The van der Waals surface area contributed by atoms with E-state index in [1.54, 1.807) is 24.3 Å². The molecule has 2 aliphatic heterocycles. The third-order valence-corrected chi connectivity index (χ3v) is 6.54. The molecule has 2 amide bonds. The molecule has 1 fully saturated rings. The largest absolute Gasteiger partial charge is 0.457 e. The van der Waals surface area contributed by atoms with Gasteiger partial charge in [0.1, 0.15) is 11.5 Å². The van der Waals surface area contributed by atoms with Crippen LogP contribution in [0, 0.1) is 5.92 Å². The molecule has 0 aliphatic carbocycles. The van der Waals surface area contributed by atoms with E-state index in [1.165, 1.54) is 0 Å². The van der Waals surface area contributed by atoms with E-state index in [4.69, 9.17) is 10.2 Å². The molecule has 4 N–H and O–H groups in total. The van der Waals surface area contributed by atoms with Crippen LogP contribution in [0.5, 0.6) is 0 Å². The van der Waals surface area contributed by atoms with Crippen molar-refractivity contribution < 1.29 is 14.0 Å². The Morgan fingerprint density at radius 1 is 1.18 bits per heavy atom. The summed E-state index contributed by atoms with van der Waals surface area (Å²) in [6, 6.07) is 16.4. The SMILES string of the molecule is CN1CCC(CNC(=O)c2cccc(-c3ccc(C=C4C(=O)Nc5ccc(N)cc54)o3)c2)CC1. The van der Waals surface area contributed by atoms with E-state index in [2.05, 4.69) is 22.6 Å². The van der Waals surface area contributed by atoms with Crippen LogP contribution >= 0.6 is 0 Å². The van der Waals surface area contributed by atoms with E-state index in [0.717, 1.165) is 42.7 Å². The number of carbonyl (C=O) groups excluding carboxylic acids is 2. The number of nitrogens with one attached hydrogen (secondary N) is 2. The van der Waals surface area contributed by atoms with Gasteiger partial charge < -0.3 is 25.7 Å². The van der Waals surface area contributed by atoms with Gasteiger partial charge in [0, 0.05) is 34.6 Å². The Labute approximate surface area is 198 Å². The summed E-state index contributed by atoms with van der Waals surface area (Å²) < 4.78 is 6.00. The first kappa shape index (κ1) is 22.0. The van der Waals surface area contributed by atoms with Gasteiger partial charge in [-0.05, 0) is 87.4 Å². The topological polar surface area (TPSA) is 101 Å².